The van der Waals surface area contributed by atoms with Crippen molar-refractivity contribution < 1.29 is 14.4 Å². The van der Waals surface area contributed by atoms with E-state index >= 15 is 0 Å². The van der Waals surface area contributed by atoms with Crippen molar-refractivity contribution in [2.75, 3.05) is 49.6 Å². The van der Waals surface area contributed by atoms with Crippen LogP contribution in [0.5, 0.6) is 0 Å². The summed E-state index contributed by atoms with van der Waals surface area (Å²) < 4.78 is 0. The molecule has 0 bridgehead atoms. The Labute approximate surface area is 220 Å². The zero-order valence-corrected chi connectivity index (χ0v) is 21.5. The maximum Gasteiger partial charge on any atom is 0.321 e. The number of rotatable bonds is 4. The molecule has 2 aromatic carbocycles. The highest BCUT2D eigenvalue weighted by molar-refractivity contribution is 6.42. The van der Waals surface area contributed by atoms with E-state index in [-0.39, 0.29) is 24.4 Å². The van der Waals surface area contributed by atoms with Crippen LogP contribution >= 0.6 is 23.2 Å². The van der Waals surface area contributed by atoms with Crippen LogP contribution in [-0.4, -0.2) is 77.5 Å². The molecule has 0 atom stereocenters. The molecule has 3 heterocycles. The van der Waals surface area contributed by atoms with Crippen LogP contribution in [0.1, 0.15) is 25.7 Å². The van der Waals surface area contributed by atoms with Crippen molar-refractivity contribution in [3.05, 3.63) is 58.6 Å². The van der Waals surface area contributed by atoms with Crippen LogP contribution in [0.4, 0.5) is 16.2 Å². The highest BCUT2D eigenvalue weighted by Gasteiger charge is 2.54. The molecule has 8 nitrogen and oxygen atoms in total. The standard InChI is InChI=1S/C26H29Cl2N5O3/c27-21-9-8-19(16-22(21)28)29-25(36)31-14-10-26(11-15-31)24(35)32(17-23(34)30-12-4-5-13-30)18-33(26)20-6-2-1-3-7-20/h1-3,6-9,16H,4-5,10-15,17-18H2,(H,29,36). The first-order valence-corrected chi connectivity index (χ1v) is 13.0. The Morgan fingerprint density at radius 2 is 1.58 bits per heavy atom. The Hall–Kier alpha value is -2.97. The van der Waals surface area contributed by atoms with Crippen LogP contribution in [-0.2, 0) is 9.59 Å². The van der Waals surface area contributed by atoms with Gasteiger partial charge in [-0.25, -0.2) is 4.79 Å². The molecule has 0 aromatic heterocycles. The SMILES string of the molecule is O=C(CN1CN(c2ccccc2)C2(CCN(C(=O)Nc3ccc(Cl)c(Cl)c3)CC2)C1=O)N1CCCC1. The third-order valence-electron chi connectivity index (χ3n) is 7.42. The first-order valence-electron chi connectivity index (χ1n) is 12.3. The highest BCUT2D eigenvalue weighted by atomic mass is 35.5. The van der Waals surface area contributed by atoms with Crippen molar-refractivity contribution in [1.82, 2.24) is 14.7 Å². The van der Waals surface area contributed by atoms with Gasteiger partial charge in [-0.3, -0.25) is 9.59 Å². The number of para-hydroxylation sites is 1. The van der Waals surface area contributed by atoms with Gasteiger partial charge in [0.25, 0.3) is 5.91 Å². The lowest BCUT2D eigenvalue weighted by molar-refractivity contribution is -0.140. The first kappa shape index (κ1) is 24.7. The fourth-order valence-electron chi connectivity index (χ4n) is 5.41. The molecule has 3 saturated heterocycles. The maximum atomic E-state index is 13.8. The van der Waals surface area contributed by atoms with Gasteiger partial charge in [0.2, 0.25) is 5.91 Å². The highest BCUT2D eigenvalue weighted by Crippen LogP contribution is 2.39. The number of amides is 4. The minimum Gasteiger partial charge on any atom is -0.341 e. The minimum absolute atomic E-state index is 0.00403. The number of halogens is 2. The smallest absolute Gasteiger partial charge is 0.321 e. The van der Waals surface area contributed by atoms with E-state index in [9.17, 15) is 14.4 Å². The van der Waals surface area contributed by atoms with E-state index in [2.05, 4.69) is 10.2 Å². The van der Waals surface area contributed by atoms with E-state index in [1.165, 1.54) is 0 Å². The van der Waals surface area contributed by atoms with Crippen molar-refractivity contribution >= 4 is 52.4 Å². The molecule has 0 aliphatic carbocycles. The molecule has 1 N–H and O–H groups in total. The maximum absolute atomic E-state index is 13.8. The van der Waals surface area contributed by atoms with E-state index in [0.717, 1.165) is 31.6 Å². The Bertz CT molecular complexity index is 1150. The molecular formula is C26H29Cl2N5O3. The number of urea groups is 1. The summed E-state index contributed by atoms with van der Waals surface area (Å²) in [5, 5.41) is 3.65. The number of likely N-dealkylation sites (tertiary alicyclic amines) is 2. The number of anilines is 2. The lowest BCUT2D eigenvalue weighted by atomic mass is 9.85. The number of carbonyl (C=O) groups is 3. The monoisotopic (exact) mass is 529 g/mol. The molecule has 0 unspecified atom stereocenters. The first-order chi connectivity index (χ1) is 17.4. The lowest BCUT2D eigenvalue weighted by Crippen LogP contribution is -2.58. The molecule has 0 radical (unpaired) electrons. The summed E-state index contributed by atoms with van der Waals surface area (Å²) in [6.45, 7) is 2.80. The third kappa shape index (κ3) is 4.72. The van der Waals surface area contributed by atoms with Gasteiger partial charge >= 0.3 is 6.03 Å². The summed E-state index contributed by atoms with van der Waals surface area (Å²) >= 11 is 12.0. The van der Waals surface area contributed by atoms with Crippen LogP contribution in [0.25, 0.3) is 0 Å². The van der Waals surface area contributed by atoms with E-state index in [4.69, 9.17) is 23.2 Å². The molecule has 2 aromatic rings. The van der Waals surface area contributed by atoms with Crippen LogP contribution in [0.3, 0.4) is 0 Å². The summed E-state index contributed by atoms with van der Waals surface area (Å²) in [5.74, 6) is -0.0345. The second-order valence-corrected chi connectivity index (χ2v) is 10.4. The van der Waals surface area contributed by atoms with Gasteiger partial charge < -0.3 is 24.9 Å². The summed E-state index contributed by atoms with van der Waals surface area (Å²) in [6, 6.07) is 14.5. The average molecular weight is 530 g/mol. The van der Waals surface area contributed by atoms with E-state index in [1.54, 1.807) is 28.0 Å². The molecule has 3 aliphatic heterocycles. The molecule has 5 rings (SSSR count). The van der Waals surface area contributed by atoms with Crippen LogP contribution in [0.15, 0.2) is 48.5 Å². The van der Waals surface area contributed by atoms with E-state index < -0.39 is 5.54 Å². The van der Waals surface area contributed by atoms with Crippen LogP contribution in [0, 0.1) is 0 Å². The average Bonchev–Trinajstić information content (AvgIpc) is 3.51. The molecule has 0 saturated carbocycles. The molecular weight excluding hydrogens is 501 g/mol. The van der Waals surface area contributed by atoms with Gasteiger partial charge in [0.05, 0.1) is 16.7 Å². The summed E-state index contributed by atoms with van der Waals surface area (Å²) in [7, 11) is 0. The normalized spacial score (nSPS) is 19.3. The van der Waals surface area contributed by atoms with E-state index in [0.29, 0.717) is 48.3 Å². The van der Waals surface area contributed by atoms with Crippen LogP contribution in [0.2, 0.25) is 10.0 Å². The van der Waals surface area contributed by atoms with Gasteiger partial charge in [-0.05, 0) is 56.0 Å². The summed E-state index contributed by atoms with van der Waals surface area (Å²) in [6.07, 6.45) is 2.98. The number of nitrogens with one attached hydrogen (secondary N) is 1. The lowest BCUT2D eigenvalue weighted by Gasteiger charge is -2.43. The van der Waals surface area contributed by atoms with Crippen molar-refractivity contribution in [2.24, 2.45) is 0 Å². The van der Waals surface area contributed by atoms with E-state index in [1.807, 2.05) is 35.2 Å². The molecule has 4 amide bonds. The fraction of sp³-hybridized carbons (Fsp3) is 0.423. The zero-order chi connectivity index (χ0) is 25.3. The predicted octanol–water partition coefficient (Wildman–Crippen LogP) is 4.29. The number of piperidine rings is 1. The Morgan fingerprint density at radius 3 is 2.25 bits per heavy atom. The van der Waals surface area contributed by atoms with Crippen molar-refractivity contribution in [2.45, 2.75) is 31.2 Å². The molecule has 3 fully saturated rings. The van der Waals surface area contributed by atoms with Crippen LogP contribution < -0.4 is 10.2 Å². The van der Waals surface area contributed by atoms with Gasteiger partial charge in [-0.1, -0.05) is 41.4 Å². The molecule has 1 spiro atoms. The van der Waals surface area contributed by atoms with Gasteiger partial charge in [-0.15, -0.1) is 0 Å². The Kier molecular flexibility index (Phi) is 6.99. The number of carbonyl (C=O) groups excluding carboxylic acids is 3. The third-order valence-corrected chi connectivity index (χ3v) is 8.15. The molecule has 10 heteroatoms. The number of benzene rings is 2. The van der Waals surface area contributed by atoms with Crippen molar-refractivity contribution in [1.29, 1.82) is 0 Å². The van der Waals surface area contributed by atoms with Crippen molar-refractivity contribution in [3.63, 3.8) is 0 Å². The minimum atomic E-state index is -0.785. The van der Waals surface area contributed by atoms with Gasteiger partial charge in [0, 0.05) is 37.6 Å². The zero-order valence-electron chi connectivity index (χ0n) is 20.0. The largest absolute Gasteiger partial charge is 0.341 e. The van der Waals surface area contributed by atoms with Crippen molar-refractivity contribution in [3.8, 4) is 0 Å². The molecule has 36 heavy (non-hydrogen) atoms. The second kappa shape index (κ2) is 10.2. The number of nitrogens with zero attached hydrogens (tertiary/aromatic N) is 4. The Morgan fingerprint density at radius 1 is 0.889 bits per heavy atom. The van der Waals surface area contributed by atoms with Gasteiger partial charge in [-0.2, -0.15) is 0 Å². The predicted molar refractivity (Wildman–Crippen MR) is 140 cm³/mol. The number of hydrogen-bond acceptors (Lipinski definition) is 4. The molecule has 3 aliphatic rings. The fourth-order valence-corrected chi connectivity index (χ4v) is 5.71. The quantitative estimate of drug-likeness (QED) is 0.640. The number of hydrogen-bond donors (Lipinski definition) is 1. The summed E-state index contributed by atoms with van der Waals surface area (Å²) in [4.78, 5) is 47.0. The Balaban J connectivity index is 1.31. The van der Waals surface area contributed by atoms with Gasteiger partial charge in [0.1, 0.15) is 12.1 Å². The second-order valence-electron chi connectivity index (χ2n) is 9.57. The molecule has 190 valence electrons. The summed E-state index contributed by atoms with van der Waals surface area (Å²) in [5.41, 5.74) is 0.715. The topological polar surface area (TPSA) is 76.2 Å². The van der Waals surface area contributed by atoms with Gasteiger partial charge in [0.15, 0.2) is 0 Å².